The molecule has 0 heterocycles. The minimum Gasteiger partial charge on any atom is -0.297 e. The molecule has 0 amide bonds. The van der Waals surface area contributed by atoms with Gasteiger partial charge in [0.1, 0.15) is 0 Å². The number of rotatable bonds is 7. The average Bonchev–Trinajstić information content (AvgIpc) is 2.73. The van der Waals surface area contributed by atoms with Gasteiger partial charge in [-0.2, -0.15) is 0 Å². The lowest BCUT2D eigenvalue weighted by Gasteiger charge is -2.27. The van der Waals surface area contributed by atoms with E-state index in [0.29, 0.717) is 0 Å². The van der Waals surface area contributed by atoms with Crippen LogP contribution in [-0.4, -0.2) is 0 Å². The molecule has 0 saturated heterocycles. The lowest BCUT2D eigenvalue weighted by atomic mass is 10.0. The first-order valence-electron chi connectivity index (χ1n) is 8.89. The van der Waals surface area contributed by atoms with Crippen molar-refractivity contribution < 1.29 is 4.57 Å². The second-order valence-electron chi connectivity index (χ2n) is 6.18. The molecule has 0 aliphatic rings. The van der Waals surface area contributed by atoms with Gasteiger partial charge in [0.25, 0.3) is 0 Å². The van der Waals surface area contributed by atoms with Crippen molar-refractivity contribution in [1.82, 2.24) is 5.09 Å². The predicted molar refractivity (Wildman–Crippen MR) is 112 cm³/mol. The maximum Gasteiger partial charge on any atom is 0.205 e. The Morgan fingerprint density at radius 3 is 1.73 bits per heavy atom. The Bertz CT molecular complexity index is 832. The molecule has 26 heavy (non-hydrogen) atoms. The molecule has 0 bridgehead atoms. The average molecular weight is 361 g/mol. The summed E-state index contributed by atoms with van der Waals surface area (Å²) in [5, 5.41) is 5.17. The van der Waals surface area contributed by atoms with E-state index in [2.05, 4.69) is 23.3 Å². The van der Waals surface area contributed by atoms with E-state index in [-0.39, 0.29) is 6.04 Å². The summed E-state index contributed by atoms with van der Waals surface area (Å²) >= 11 is 0. The largest absolute Gasteiger partial charge is 0.297 e. The maximum absolute atomic E-state index is 14.2. The van der Waals surface area contributed by atoms with Crippen LogP contribution in [0.1, 0.15) is 24.9 Å². The molecule has 0 aliphatic carbocycles. The van der Waals surface area contributed by atoms with Crippen molar-refractivity contribution in [3.05, 3.63) is 109 Å². The monoisotopic (exact) mass is 361 g/mol. The third-order valence-corrected chi connectivity index (χ3v) is 7.11. The molecule has 0 spiro atoms. The summed E-state index contributed by atoms with van der Waals surface area (Å²) in [5.74, 6) is 0. The Morgan fingerprint density at radius 1 is 0.808 bits per heavy atom. The van der Waals surface area contributed by atoms with Gasteiger partial charge in [-0.1, -0.05) is 78.9 Å². The molecule has 3 heteroatoms. The summed E-state index contributed by atoms with van der Waals surface area (Å²) in [5.41, 5.74) is 1.14. The second kappa shape index (κ2) is 8.80. The van der Waals surface area contributed by atoms with Gasteiger partial charge in [-0.15, -0.1) is 0 Å². The van der Waals surface area contributed by atoms with E-state index < -0.39 is 7.29 Å². The van der Waals surface area contributed by atoms with E-state index in [1.165, 1.54) is 0 Å². The highest BCUT2D eigenvalue weighted by molar-refractivity contribution is 7.76. The summed E-state index contributed by atoms with van der Waals surface area (Å²) in [6.07, 6.45) is 4.93. The van der Waals surface area contributed by atoms with Crippen LogP contribution in [0.4, 0.5) is 0 Å². The van der Waals surface area contributed by atoms with Crippen LogP contribution in [0.3, 0.4) is 0 Å². The SMILES string of the molecule is C/C=C/C[C@@H](NP(=O)(c1ccccc1)c1ccccc1)c1ccccc1. The molecule has 0 radical (unpaired) electrons. The van der Waals surface area contributed by atoms with Crippen LogP contribution >= 0.6 is 7.29 Å². The molecule has 3 rings (SSSR count). The van der Waals surface area contributed by atoms with Crippen LogP contribution in [0.2, 0.25) is 0 Å². The minimum absolute atomic E-state index is 0.0290. The van der Waals surface area contributed by atoms with Gasteiger partial charge < -0.3 is 0 Å². The Balaban J connectivity index is 2.05. The Morgan fingerprint density at radius 2 is 1.27 bits per heavy atom. The van der Waals surface area contributed by atoms with Crippen molar-refractivity contribution in [3.8, 4) is 0 Å². The van der Waals surface area contributed by atoms with Gasteiger partial charge >= 0.3 is 0 Å². The number of benzene rings is 3. The fourth-order valence-electron chi connectivity index (χ4n) is 3.01. The molecule has 132 valence electrons. The highest BCUT2D eigenvalue weighted by atomic mass is 31.2. The van der Waals surface area contributed by atoms with Gasteiger partial charge in [0.05, 0.1) is 0 Å². The topological polar surface area (TPSA) is 29.1 Å². The van der Waals surface area contributed by atoms with Gasteiger partial charge in [0, 0.05) is 16.7 Å². The summed E-state index contributed by atoms with van der Waals surface area (Å²) < 4.78 is 14.2. The van der Waals surface area contributed by atoms with Crippen molar-refractivity contribution in [2.45, 2.75) is 19.4 Å². The summed E-state index contributed by atoms with van der Waals surface area (Å²) in [4.78, 5) is 0. The van der Waals surface area contributed by atoms with Crippen molar-refractivity contribution in [3.63, 3.8) is 0 Å². The number of hydrogen-bond donors (Lipinski definition) is 1. The van der Waals surface area contributed by atoms with Crippen LogP contribution < -0.4 is 15.7 Å². The number of allylic oxidation sites excluding steroid dienone is 1. The summed E-state index contributed by atoms with van der Waals surface area (Å²) in [6, 6.07) is 29.6. The molecule has 1 atom stereocenters. The van der Waals surface area contributed by atoms with Crippen molar-refractivity contribution >= 4 is 17.9 Å². The third kappa shape index (κ3) is 4.22. The molecule has 0 aromatic heterocycles. The minimum atomic E-state index is -2.97. The molecule has 0 aliphatic heterocycles. The van der Waals surface area contributed by atoms with Gasteiger partial charge in [0.15, 0.2) is 0 Å². The maximum atomic E-state index is 14.2. The van der Waals surface area contributed by atoms with Gasteiger partial charge in [-0.05, 0) is 43.2 Å². The smallest absolute Gasteiger partial charge is 0.205 e. The summed E-state index contributed by atoms with van der Waals surface area (Å²) in [7, 11) is -2.97. The third-order valence-electron chi connectivity index (χ3n) is 4.39. The van der Waals surface area contributed by atoms with Crippen LogP contribution in [0.15, 0.2) is 103 Å². The zero-order valence-electron chi connectivity index (χ0n) is 15.0. The van der Waals surface area contributed by atoms with Gasteiger partial charge in [-0.25, -0.2) is 0 Å². The zero-order chi connectivity index (χ0) is 18.2. The standard InChI is InChI=1S/C23H24NOP/c1-2-3-19-23(20-13-7-4-8-14-20)24-26(25,21-15-9-5-10-16-21)22-17-11-6-12-18-22/h2-18,23H,19H2,1H3,(H,24,25)/b3-2+/t23-/m1/s1. The van der Waals surface area contributed by atoms with E-state index in [1.54, 1.807) is 0 Å². The van der Waals surface area contributed by atoms with Crippen LogP contribution in [0.5, 0.6) is 0 Å². The first-order chi connectivity index (χ1) is 12.7. The van der Waals surface area contributed by atoms with E-state index in [9.17, 15) is 4.57 Å². The lowest BCUT2D eigenvalue weighted by Crippen LogP contribution is -2.30. The Kier molecular flexibility index (Phi) is 6.22. The second-order valence-corrected chi connectivity index (χ2v) is 8.69. The van der Waals surface area contributed by atoms with Gasteiger partial charge in [0.2, 0.25) is 7.29 Å². The van der Waals surface area contributed by atoms with E-state index in [0.717, 1.165) is 22.6 Å². The van der Waals surface area contributed by atoms with Gasteiger partial charge in [-0.3, -0.25) is 9.65 Å². The first kappa shape index (κ1) is 18.4. The molecular formula is C23H24NOP. The molecule has 1 N–H and O–H groups in total. The van der Waals surface area contributed by atoms with Crippen molar-refractivity contribution in [2.24, 2.45) is 0 Å². The predicted octanol–water partition coefficient (Wildman–Crippen LogP) is 5.21. The molecule has 0 saturated carbocycles. The summed E-state index contributed by atoms with van der Waals surface area (Å²) in [6.45, 7) is 2.01. The fraction of sp³-hybridized carbons (Fsp3) is 0.130. The fourth-order valence-corrected chi connectivity index (χ4v) is 5.49. The highest BCUT2D eigenvalue weighted by Gasteiger charge is 2.30. The Hall–Kier alpha value is -2.41. The molecule has 3 aromatic carbocycles. The molecule has 3 aromatic rings. The Labute approximate surface area is 156 Å². The number of nitrogens with one attached hydrogen (secondary N) is 1. The van der Waals surface area contributed by atoms with Crippen LogP contribution in [-0.2, 0) is 4.57 Å². The van der Waals surface area contributed by atoms with E-state index in [1.807, 2.05) is 91.9 Å². The van der Waals surface area contributed by atoms with E-state index in [4.69, 9.17) is 0 Å². The molecule has 0 fully saturated rings. The number of hydrogen-bond acceptors (Lipinski definition) is 1. The first-order valence-corrected chi connectivity index (χ1v) is 10.6. The van der Waals surface area contributed by atoms with Crippen molar-refractivity contribution in [1.29, 1.82) is 0 Å². The van der Waals surface area contributed by atoms with Crippen LogP contribution in [0, 0.1) is 0 Å². The van der Waals surface area contributed by atoms with Crippen molar-refractivity contribution in [2.75, 3.05) is 0 Å². The lowest BCUT2D eigenvalue weighted by molar-refractivity contribution is 0.561. The highest BCUT2D eigenvalue weighted by Crippen LogP contribution is 2.42. The normalized spacial score (nSPS) is 13.0. The van der Waals surface area contributed by atoms with E-state index >= 15 is 0 Å². The quantitative estimate of drug-likeness (QED) is 0.462. The zero-order valence-corrected chi connectivity index (χ0v) is 15.8. The molecular weight excluding hydrogens is 337 g/mol. The molecule has 2 nitrogen and oxygen atoms in total. The van der Waals surface area contributed by atoms with Crippen LogP contribution in [0.25, 0.3) is 0 Å². The molecule has 0 unspecified atom stereocenters.